The molecule has 6 nitrogen and oxygen atoms in total. The molecule has 0 fully saturated rings. The van der Waals surface area contributed by atoms with E-state index in [4.69, 9.17) is 9.47 Å². The Hall–Kier alpha value is -0.374. The van der Waals surface area contributed by atoms with Gasteiger partial charge in [-0.15, -0.1) is 0 Å². The number of carboxylic acid groups (broad SMARTS) is 2. The Bertz CT molecular complexity index is 188. The van der Waals surface area contributed by atoms with Crippen LogP contribution < -0.4 is 10.2 Å². The molecule has 0 amide bonds. The summed E-state index contributed by atoms with van der Waals surface area (Å²) in [4.78, 5) is 19.5. The number of carbonyl (C=O) groups excluding carboxylic acids is 2. The molecule has 0 aromatic rings. The normalized spacial score (nSPS) is 8.95. The zero-order chi connectivity index (χ0) is 14.2. The van der Waals surface area contributed by atoms with Crippen molar-refractivity contribution in [3.8, 4) is 0 Å². The van der Waals surface area contributed by atoms with Crippen molar-refractivity contribution in [2.24, 2.45) is 0 Å². The molecule has 108 valence electrons. The van der Waals surface area contributed by atoms with Gasteiger partial charge in [-0.25, -0.2) is 0 Å². The van der Waals surface area contributed by atoms with Gasteiger partial charge < -0.3 is 29.3 Å². The molecular weight excluding hydrogens is 264 g/mol. The fraction of sp³-hybridized carbons (Fsp3) is 0.833. The van der Waals surface area contributed by atoms with Gasteiger partial charge in [0.1, 0.15) is 0 Å². The van der Waals surface area contributed by atoms with E-state index in [-0.39, 0.29) is 49.1 Å². The number of carboxylic acids is 2. The molecule has 0 heterocycles. The van der Waals surface area contributed by atoms with Gasteiger partial charge in [0.2, 0.25) is 0 Å². The summed E-state index contributed by atoms with van der Waals surface area (Å²) >= 11 is 0. The van der Waals surface area contributed by atoms with Crippen LogP contribution in [0.15, 0.2) is 0 Å². The summed E-state index contributed by atoms with van der Waals surface area (Å²) in [7, 11) is 0. The molecular formula is C12H22MgO6. The molecule has 0 saturated carbocycles. The van der Waals surface area contributed by atoms with Gasteiger partial charge in [0.15, 0.2) is 0 Å². The third-order valence-corrected chi connectivity index (χ3v) is 1.60. The Morgan fingerprint density at radius 2 is 1.11 bits per heavy atom. The SMILES string of the molecule is CCCOCCC(=O)[O-].CCCOCCC(=O)[O-].[Mg+2]. The predicted octanol–water partition coefficient (Wildman–Crippen LogP) is -1.27. The minimum Gasteiger partial charge on any atom is -0.550 e. The van der Waals surface area contributed by atoms with E-state index >= 15 is 0 Å². The number of rotatable bonds is 10. The summed E-state index contributed by atoms with van der Waals surface area (Å²) in [6.45, 7) is 5.75. The van der Waals surface area contributed by atoms with Gasteiger partial charge in [0, 0.05) is 38.0 Å². The van der Waals surface area contributed by atoms with Crippen molar-refractivity contribution in [2.45, 2.75) is 39.5 Å². The van der Waals surface area contributed by atoms with Crippen molar-refractivity contribution in [3.63, 3.8) is 0 Å². The maximum absolute atomic E-state index is 9.77. The summed E-state index contributed by atoms with van der Waals surface area (Å²) in [5.74, 6) is -2.10. The predicted molar refractivity (Wildman–Crippen MR) is 67.2 cm³/mol. The smallest absolute Gasteiger partial charge is 0.550 e. The number of aliphatic carboxylic acids is 2. The van der Waals surface area contributed by atoms with Gasteiger partial charge in [0.05, 0.1) is 13.2 Å². The molecule has 0 rings (SSSR count). The van der Waals surface area contributed by atoms with E-state index in [9.17, 15) is 19.8 Å². The summed E-state index contributed by atoms with van der Waals surface area (Å²) in [6.07, 6.45) is 1.85. The number of hydrogen-bond donors (Lipinski definition) is 0. The zero-order valence-corrected chi connectivity index (χ0v) is 13.2. The molecule has 0 saturated heterocycles. The maximum Gasteiger partial charge on any atom is 2.00 e. The molecule has 0 spiro atoms. The average molecular weight is 287 g/mol. The molecule has 7 heteroatoms. The first-order valence-corrected chi connectivity index (χ1v) is 6.09. The van der Waals surface area contributed by atoms with Crippen LogP contribution >= 0.6 is 0 Å². The summed E-state index contributed by atoms with van der Waals surface area (Å²) in [5.41, 5.74) is 0. The fourth-order valence-corrected chi connectivity index (χ4v) is 0.804. The zero-order valence-electron chi connectivity index (χ0n) is 11.8. The molecule has 0 aromatic carbocycles. The van der Waals surface area contributed by atoms with Crippen LogP contribution in [0.1, 0.15) is 39.5 Å². The van der Waals surface area contributed by atoms with Gasteiger partial charge >= 0.3 is 23.1 Å². The Balaban J connectivity index is -0.000000256. The summed E-state index contributed by atoms with van der Waals surface area (Å²) < 4.78 is 9.75. The van der Waals surface area contributed by atoms with Gasteiger partial charge in [-0.1, -0.05) is 13.8 Å². The Kier molecular flexibility index (Phi) is 24.9. The van der Waals surface area contributed by atoms with E-state index in [2.05, 4.69) is 0 Å². The molecule has 19 heavy (non-hydrogen) atoms. The van der Waals surface area contributed by atoms with E-state index in [1.54, 1.807) is 0 Å². The van der Waals surface area contributed by atoms with Crippen LogP contribution in [0.3, 0.4) is 0 Å². The molecule has 0 radical (unpaired) electrons. The maximum atomic E-state index is 9.77. The van der Waals surface area contributed by atoms with Crippen molar-refractivity contribution in [1.82, 2.24) is 0 Å². The Morgan fingerprint density at radius 3 is 1.32 bits per heavy atom. The third kappa shape index (κ3) is 31.8. The third-order valence-electron chi connectivity index (χ3n) is 1.60. The Morgan fingerprint density at radius 1 is 0.789 bits per heavy atom. The van der Waals surface area contributed by atoms with E-state index in [1.165, 1.54) is 0 Å². The van der Waals surface area contributed by atoms with Gasteiger partial charge in [-0.05, 0) is 12.8 Å². The second-order valence-corrected chi connectivity index (χ2v) is 3.47. The molecule has 0 bridgehead atoms. The topological polar surface area (TPSA) is 98.7 Å². The molecule has 0 N–H and O–H groups in total. The van der Waals surface area contributed by atoms with Crippen LogP contribution in [0.2, 0.25) is 0 Å². The molecule has 0 unspecified atom stereocenters. The number of carbonyl (C=O) groups is 2. The van der Waals surface area contributed by atoms with Crippen LogP contribution in [-0.4, -0.2) is 61.4 Å². The second kappa shape index (κ2) is 20.0. The van der Waals surface area contributed by atoms with Crippen molar-refractivity contribution in [3.05, 3.63) is 0 Å². The minimum atomic E-state index is -1.05. The van der Waals surface area contributed by atoms with Gasteiger partial charge in [-0.3, -0.25) is 0 Å². The number of ether oxygens (including phenoxy) is 2. The molecule has 0 aliphatic carbocycles. The summed E-state index contributed by atoms with van der Waals surface area (Å²) in [5, 5.41) is 19.5. The minimum absolute atomic E-state index is 0. The van der Waals surface area contributed by atoms with E-state index in [0.717, 1.165) is 12.8 Å². The number of hydrogen-bond acceptors (Lipinski definition) is 6. The first-order chi connectivity index (χ1) is 8.54. The van der Waals surface area contributed by atoms with E-state index < -0.39 is 11.9 Å². The first-order valence-electron chi connectivity index (χ1n) is 6.09. The van der Waals surface area contributed by atoms with Crippen LogP contribution in [0, 0.1) is 0 Å². The molecule has 0 aromatic heterocycles. The average Bonchev–Trinajstić information content (AvgIpc) is 2.31. The van der Waals surface area contributed by atoms with Crippen molar-refractivity contribution >= 4 is 35.0 Å². The van der Waals surface area contributed by atoms with E-state index in [0.29, 0.717) is 13.2 Å². The fourth-order valence-electron chi connectivity index (χ4n) is 0.804. The van der Waals surface area contributed by atoms with Crippen molar-refractivity contribution in [2.75, 3.05) is 26.4 Å². The quantitative estimate of drug-likeness (QED) is 0.367. The van der Waals surface area contributed by atoms with Gasteiger partial charge in [0.25, 0.3) is 0 Å². The first kappa shape index (κ1) is 23.7. The van der Waals surface area contributed by atoms with Crippen LogP contribution in [-0.2, 0) is 19.1 Å². The van der Waals surface area contributed by atoms with E-state index in [1.807, 2.05) is 13.8 Å². The van der Waals surface area contributed by atoms with Crippen molar-refractivity contribution < 1.29 is 29.3 Å². The summed E-state index contributed by atoms with van der Waals surface area (Å²) in [6, 6.07) is 0. The molecule has 0 aliphatic heterocycles. The largest absolute Gasteiger partial charge is 2.00 e. The Labute approximate surface area is 130 Å². The van der Waals surface area contributed by atoms with Gasteiger partial charge in [-0.2, -0.15) is 0 Å². The monoisotopic (exact) mass is 286 g/mol. The van der Waals surface area contributed by atoms with Crippen LogP contribution in [0.5, 0.6) is 0 Å². The molecule has 0 atom stereocenters. The van der Waals surface area contributed by atoms with Crippen LogP contribution in [0.4, 0.5) is 0 Å². The molecule has 0 aliphatic rings. The second-order valence-electron chi connectivity index (χ2n) is 3.47. The van der Waals surface area contributed by atoms with Crippen LogP contribution in [0.25, 0.3) is 0 Å². The standard InChI is InChI=1S/2C6H12O3.Mg/c2*1-2-4-9-5-3-6(7)8;/h2*2-5H2,1H3,(H,7,8);/q;;+2/p-2. The van der Waals surface area contributed by atoms with Crippen molar-refractivity contribution in [1.29, 1.82) is 0 Å².